The van der Waals surface area contributed by atoms with Gasteiger partial charge < -0.3 is 16.0 Å². The van der Waals surface area contributed by atoms with E-state index in [0.29, 0.717) is 18.7 Å². The number of carbonyl (C=O) groups is 1. The molecule has 0 atom stereocenters. The van der Waals surface area contributed by atoms with Crippen LogP contribution in [0.2, 0.25) is 0 Å². The van der Waals surface area contributed by atoms with Crippen molar-refractivity contribution in [3.05, 3.63) is 34.3 Å². The Bertz CT molecular complexity index is 511. The van der Waals surface area contributed by atoms with Gasteiger partial charge in [-0.15, -0.1) is 0 Å². The summed E-state index contributed by atoms with van der Waals surface area (Å²) in [7, 11) is 0. The Morgan fingerprint density at radius 1 is 1.26 bits per heavy atom. The minimum atomic E-state index is -0.0553. The predicted molar refractivity (Wildman–Crippen MR) is 103 cm³/mol. The molecule has 5 nitrogen and oxygen atoms in total. The fourth-order valence-electron chi connectivity index (χ4n) is 1.82. The molecule has 0 saturated carbocycles. The van der Waals surface area contributed by atoms with Crippen molar-refractivity contribution < 1.29 is 4.79 Å². The van der Waals surface area contributed by atoms with Gasteiger partial charge in [0, 0.05) is 42.0 Å². The molecule has 0 bridgehead atoms. The summed E-state index contributed by atoms with van der Waals surface area (Å²) in [6.45, 7) is 5.06. The van der Waals surface area contributed by atoms with Crippen molar-refractivity contribution in [2.45, 2.75) is 13.3 Å². The van der Waals surface area contributed by atoms with Gasteiger partial charge in [0.05, 0.1) is 0 Å². The number of halogens is 1. The van der Waals surface area contributed by atoms with Gasteiger partial charge in [0.15, 0.2) is 5.96 Å². The van der Waals surface area contributed by atoms with Crippen LogP contribution in [0.1, 0.15) is 23.7 Å². The quantitative estimate of drug-likeness (QED) is 0.338. The SMILES string of the molecule is CCNC(=NCCCNC(=O)c1cccc(Br)c1)NCCSC. The number of nitrogens with zero attached hydrogens (tertiary/aromatic N) is 1. The molecule has 128 valence electrons. The summed E-state index contributed by atoms with van der Waals surface area (Å²) in [6.07, 6.45) is 2.89. The lowest BCUT2D eigenvalue weighted by Crippen LogP contribution is -2.38. The predicted octanol–water partition coefficient (Wildman–Crippen LogP) is 2.49. The normalized spacial score (nSPS) is 11.2. The van der Waals surface area contributed by atoms with Gasteiger partial charge in [0.1, 0.15) is 0 Å². The molecule has 23 heavy (non-hydrogen) atoms. The Morgan fingerprint density at radius 2 is 2.09 bits per heavy atom. The zero-order chi connectivity index (χ0) is 16.9. The van der Waals surface area contributed by atoms with Gasteiger partial charge in [-0.25, -0.2) is 0 Å². The molecule has 1 aromatic rings. The third kappa shape index (κ3) is 8.86. The standard InChI is InChI=1S/C16H25BrN4OS/c1-3-18-16(21-10-11-23-2)20-9-5-8-19-15(22)13-6-4-7-14(17)12-13/h4,6-7,12H,3,5,8-11H2,1-2H3,(H,19,22)(H2,18,20,21). The van der Waals surface area contributed by atoms with Crippen LogP contribution in [0.4, 0.5) is 0 Å². The number of nitrogens with one attached hydrogen (secondary N) is 3. The molecule has 0 aromatic heterocycles. The highest BCUT2D eigenvalue weighted by Crippen LogP contribution is 2.11. The fraction of sp³-hybridized carbons (Fsp3) is 0.500. The van der Waals surface area contributed by atoms with Gasteiger partial charge >= 0.3 is 0 Å². The summed E-state index contributed by atoms with van der Waals surface area (Å²) >= 11 is 5.17. The lowest BCUT2D eigenvalue weighted by molar-refractivity contribution is 0.0953. The van der Waals surface area contributed by atoms with Crippen LogP contribution < -0.4 is 16.0 Å². The van der Waals surface area contributed by atoms with E-state index < -0.39 is 0 Å². The molecule has 0 unspecified atom stereocenters. The first-order chi connectivity index (χ1) is 11.2. The molecule has 0 radical (unpaired) electrons. The van der Waals surface area contributed by atoms with Crippen LogP contribution in [0.3, 0.4) is 0 Å². The maximum Gasteiger partial charge on any atom is 0.251 e. The Hall–Kier alpha value is -1.21. The van der Waals surface area contributed by atoms with Crippen LogP contribution in [0, 0.1) is 0 Å². The molecular weight excluding hydrogens is 376 g/mol. The molecule has 7 heteroatoms. The summed E-state index contributed by atoms with van der Waals surface area (Å²) in [6, 6.07) is 7.37. The summed E-state index contributed by atoms with van der Waals surface area (Å²) in [5, 5.41) is 9.40. The molecule has 1 amide bonds. The minimum absolute atomic E-state index is 0.0553. The van der Waals surface area contributed by atoms with Gasteiger partial charge in [-0.1, -0.05) is 22.0 Å². The van der Waals surface area contributed by atoms with E-state index in [1.165, 1.54) is 0 Å². The van der Waals surface area contributed by atoms with Gasteiger partial charge in [0.25, 0.3) is 5.91 Å². The van der Waals surface area contributed by atoms with Gasteiger partial charge in [-0.2, -0.15) is 11.8 Å². The maximum atomic E-state index is 12.0. The molecule has 1 aromatic carbocycles. The average molecular weight is 401 g/mol. The van der Waals surface area contributed by atoms with Crippen LogP contribution in [0.25, 0.3) is 0 Å². The summed E-state index contributed by atoms with van der Waals surface area (Å²) < 4.78 is 0.904. The third-order valence-corrected chi connectivity index (χ3v) is 4.03. The maximum absolute atomic E-state index is 12.0. The number of thioether (sulfide) groups is 1. The van der Waals surface area contributed by atoms with Crippen molar-refractivity contribution in [1.29, 1.82) is 0 Å². The fourth-order valence-corrected chi connectivity index (χ4v) is 2.52. The number of amides is 1. The van der Waals surface area contributed by atoms with E-state index in [1.54, 1.807) is 17.8 Å². The zero-order valence-electron chi connectivity index (χ0n) is 13.7. The molecule has 0 saturated heterocycles. The Kier molecular flexibility index (Phi) is 10.6. The molecule has 1 rings (SSSR count). The molecule has 3 N–H and O–H groups in total. The lowest BCUT2D eigenvalue weighted by Gasteiger charge is -2.10. The molecule has 0 aliphatic heterocycles. The third-order valence-electron chi connectivity index (χ3n) is 2.92. The highest BCUT2D eigenvalue weighted by Gasteiger charge is 2.04. The van der Waals surface area contributed by atoms with E-state index in [0.717, 1.165) is 35.7 Å². The second-order valence-corrected chi connectivity index (χ2v) is 6.70. The summed E-state index contributed by atoms with van der Waals surface area (Å²) in [4.78, 5) is 16.5. The number of hydrogen-bond donors (Lipinski definition) is 3. The Balaban J connectivity index is 2.29. The molecule has 0 spiro atoms. The molecule has 0 heterocycles. The lowest BCUT2D eigenvalue weighted by atomic mass is 10.2. The van der Waals surface area contributed by atoms with Crippen LogP contribution in [0.5, 0.6) is 0 Å². The number of benzene rings is 1. The van der Waals surface area contributed by atoms with Gasteiger partial charge in [-0.3, -0.25) is 9.79 Å². The molecule has 0 aliphatic rings. The van der Waals surface area contributed by atoms with Gasteiger partial charge in [0.2, 0.25) is 0 Å². The van der Waals surface area contributed by atoms with Crippen LogP contribution in [-0.2, 0) is 0 Å². The highest BCUT2D eigenvalue weighted by atomic mass is 79.9. The minimum Gasteiger partial charge on any atom is -0.357 e. The van der Waals surface area contributed by atoms with Crippen molar-refractivity contribution >= 4 is 39.6 Å². The smallest absolute Gasteiger partial charge is 0.251 e. The van der Waals surface area contributed by atoms with E-state index >= 15 is 0 Å². The Morgan fingerprint density at radius 3 is 2.78 bits per heavy atom. The first kappa shape index (κ1) is 19.8. The molecular formula is C16H25BrN4OS. The first-order valence-corrected chi connectivity index (χ1v) is 9.91. The number of hydrogen-bond acceptors (Lipinski definition) is 3. The van der Waals surface area contributed by atoms with Crippen molar-refractivity contribution in [1.82, 2.24) is 16.0 Å². The number of guanidine groups is 1. The van der Waals surface area contributed by atoms with Crippen molar-refractivity contribution in [3.63, 3.8) is 0 Å². The van der Waals surface area contributed by atoms with Crippen LogP contribution >= 0.6 is 27.7 Å². The second-order valence-electron chi connectivity index (χ2n) is 4.80. The average Bonchev–Trinajstić information content (AvgIpc) is 2.54. The van der Waals surface area contributed by atoms with Crippen LogP contribution in [-0.4, -0.2) is 50.1 Å². The molecule has 0 fully saturated rings. The van der Waals surface area contributed by atoms with Crippen molar-refractivity contribution in [2.24, 2.45) is 4.99 Å². The largest absolute Gasteiger partial charge is 0.357 e. The summed E-state index contributed by atoms with van der Waals surface area (Å²) in [5.74, 6) is 1.83. The summed E-state index contributed by atoms with van der Waals surface area (Å²) in [5.41, 5.74) is 0.662. The van der Waals surface area contributed by atoms with Crippen molar-refractivity contribution in [3.8, 4) is 0 Å². The first-order valence-electron chi connectivity index (χ1n) is 7.72. The monoisotopic (exact) mass is 400 g/mol. The van der Waals surface area contributed by atoms with E-state index in [1.807, 2.05) is 25.1 Å². The van der Waals surface area contributed by atoms with Gasteiger partial charge in [-0.05, 0) is 37.8 Å². The highest BCUT2D eigenvalue weighted by molar-refractivity contribution is 9.10. The Labute approximate surface area is 151 Å². The van der Waals surface area contributed by atoms with E-state index in [4.69, 9.17) is 0 Å². The van der Waals surface area contributed by atoms with Crippen LogP contribution in [0.15, 0.2) is 33.7 Å². The second kappa shape index (κ2) is 12.2. The van der Waals surface area contributed by atoms with Crippen molar-refractivity contribution in [2.75, 3.05) is 38.2 Å². The molecule has 0 aliphatic carbocycles. The van der Waals surface area contributed by atoms with E-state index in [2.05, 4.69) is 43.1 Å². The van der Waals surface area contributed by atoms with E-state index in [-0.39, 0.29) is 5.91 Å². The number of aliphatic imine (C=N–C) groups is 1. The topological polar surface area (TPSA) is 65.5 Å². The number of carbonyl (C=O) groups excluding carboxylic acids is 1. The number of rotatable bonds is 9. The zero-order valence-corrected chi connectivity index (χ0v) is 16.1. The van der Waals surface area contributed by atoms with E-state index in [9.17, 15) is 4.79 Å².